The summed E-state index contributed by atoms with van der Waals surface area (Å²) in [6.45, 7) is 0.482. The Hall–Kier alpha value is -1.58. The zero-order chi connectivity index (χ0) is 14.7. The molecule has 0 aliphatic heterocycles. The predicted molar refractivity (Wildman–Crippen MR) is 90.2 cm³/mol. The van der Waals surface area contributed by atoms with E-state index in [1.54, 1.807) is 6.20 Å². The number of fused-ring (bicyclic) bond motifs is 1. The molecule has 0 bridgehead atoms. The third-order valence-electron chi connectivity index (χ3n) is 3.27. The fraction of sp³-hybridized carbons (Fsp3) is 0.118. The zero-order valence-electron chi connectivity index (χ0n) is 11.2. The van der Waals surface area contributed by atoms with Gasteiger partial charge in [0.25, 0.3) is 0 Å². The Morgan fingerprint density at radius 2 is 1.90 bits per heavy atom. The van der Waals surface area contributed by atoms with Gasteiger partial charge >= 0.3 is 0 Å². The van der Waals surface area contributed by atoms with Crippen LogP contribution in [0.1, 0.15) is 11.1 Å². The van der Waals surface area contributed by atoms with Crippen molar-refractivity contribution in [3.8, 4) is 5.75 Å². The van der Waals surface area contributed by atoms with Crippen molar-refractivity contribution in [3.63, 3.8) is 0 Å². The lowest BCUT2D eigenvalue weighted by Gasteiger charge is -2.11. The van der Waals surface area contributed by atoms with Crippen LogP contribution in [0.4, 0.5) is 0 Å². The summed E-state index contributed by atoms with van der Waals surface area (Å²) in [4.78, 5) is 4.44. The number of benzene rings is 2. The fourth-order valence-electron chi connectivity index (χ4n) is 2.23. The Balaban J connectivity index is 1.87. The molecule has 0 spiro atoms. The Morgan fingerprint density at radius 1 is 1.05 bits per heavy atom. The van der Waals surface area contributed by atoms with Gasteiger partial charge in [0.2, 0.25) is 0 Å². The number of para-hydroxylation sites is 1. The van der Waals surface area contributed by atoms with Crippen LogP contribution in [0.2, 0.25) is 5.02 Å². The van der Waals surface area contributed by atoms with Crippen LogP contribution in [0.5, 0.6) is 5.75 Å². The zero-order valence-corrected chi connectivity index (χ0v) is 13.6. The summed E-state index contributed by atoms with van der Waals surface area (Å²) in [6.07, 6.45) is 1.80. The summed E-state index contributed by atoms with van der Waals surface area (Å²) in [5, 5.41) is 2.54. The van der Waals surface area contributed by atoms with Crippen molar-refractivity contribution in [3.05, 3.63) is 70.9 Å². The lowest BCUT2D eigenvalue weighted by Crippen LogP contribution is -1.99. The van der Waals surface area contributed by atoms with Crippen LogP contribution in [-0.2, 0) is 11.9 Å². The predicted octanol–water partition coefficient (Wildman–Crippen LogP) is 5.36. The van der Waals surface area contributed by atoms with Crippen molar-refractivity contribution in [2.75, 3.05) is 0 Å². The lowest BCUT2D eigenvalue weighted by molar-refractivity contribution is 0.305. The number of hydrogen-bond donors (Lipinski definition) is 0. The van der Waals surface area contributed by atoms with E-state index in [0.29, 0.717) is 17.0 Å². The summed E-state index contributed by atoms with van der Waals surface area (Å²) in [7, 11) is 0. The number of pyridine rings is 1. The molecule has 0 aliphatic rings. The normalized spacial score (nSPS) is 10.8. The van der Waals surface area contributed by atoms with Crippen molar-refractivity contribution >= 4 is 38.4 Å². The van der Waals surface area contributed by atoms with Gasteiger partial charge in [0.1, 0.15) is 12.4 Å². The molecule has 0 aliphatic carbocycles. The van der Waals surface area contributed by atoms with E-state index in [9.17, 15) is 0 Å². The number of ether oxygens (including phenoxy) is 1. The minimum Gasteiger partial charge on any atom is -0.489 e. The highest BCUT2D eigenvalue weighted by molar-refractivity contribution is 9.08. The number of halogens is 2. The van der Waals surface area contributed by atoms with E-state index in [1.165, 1.54) is 0 Å². The summed E-state index contributed by atoms with van der Waals surface area (Å²) in [5.41, 5.74) is 3.09. The third-order valence-corrected chi connectivity index (χ3v) is 4.11. The molecule has 3 rings (SSSR count). The minimum atomic E-state index is 0.482. The second-order valence-electron chi connectivity index (χ2n) is 4.67. The Bertz CT molecular complexity index is 770. The van der Waals surface area contributed by atoms with Crippen molar-refractivity contribution in [1.82, 2.24) is 4.98 Å². The van der Waals surface area contributed by atoms with E-state index in [1.807, 2.05) is 36.4 Å². The van der Waals surface area contributed by atoms with Crippen LogP contribution in [0.15, 0.2) is 54.7 Å². The smallest absolute Gasteiger partial charge is 0.123 e. The molecule has 0 amide bonds. The molecule has 0 radical (unpaired) electrons. The summed E-state index contributed by atoms with van der Waals surface area (Å²) in [5.74, 6) is 0.837. The highest BCUT2D eigenvalue weighted by Crippen LogP contribution is 2.26. The van der Waals surface area contributed by atoms with Crippen molar-refractivity contribution in [2.45, 2.75) is 11.9 Å². The number of hydrogen-bond acceptors (Lipinski definition) is 2. The van der Waals surface area contributed by atoms with E-state index in [2.05, 4.69) is 33.0 Å². The van der Waals surface area contributed by atoms with Gasteiger partial charge in [-0.25, -0.2) is 0 Å². The molecule has 2 nitrogen and oxygen atoms in total. The molecule has 1 heterocycles. The maximum atomic E-state index is 6.00. The quantitative estimate of drug-likeness (QED) is 0.583. The van der Waals surface area contributed by atoms with Gasteiger partial charge in [0.05, 0.1) is 5.52 Å². The molecule has 106 valence electrons. The van der Waals surface area contributed by atoms with Gasteiger partial charge in [0.15, 0.2) is 0 Å². The summed E-state index contributed by atoms with van der Waals surface area (Å²) >= 11 is 9.46. The molecule has 0 atom stereocenters. The maximum absolute atomic E-state index is 6.00. The first-order valence-electron chi connectivity index (χ1n) is 6.58. The highest BCUT2D eigenvalue weighted by atomic mass is 79.9. The molecule has 4 heteroatoms. The fourth-order valence-corrected chi connectivity index (χ4v) is 2.87. The SMILES string of the molecule is Clc1ccc(OCc2cccc3cccnc23)c(CBr)c1. The second kappa shape index (κ2) is 6.46. The van der Waals surface area contributed by atoms with E-state index < -0.39 is 0 Å². The largest absolute Gasteiger partial charge is 0.489 e. The molecule has 0 saturated heterocycles. The van der Waals surface area contributed by atoms with Gasteiger partial charge in [-0.3, -0.25) is 4.98 Å². The van der Waals surface area contributed by atoms with Crippen molar-refractivity contribution < 1.29 is 4.74 Å². The molecular formula is C17H13BrClNO. The Morgan fingerprint density at radius 3 is 2.76 bits per heavy atom. The van der Waals surface area contributed by atoms with Crippen LogP contribution < -0.4 is 4.74 Å². The molecule has 21 heavy (non-hydrogen) atoms. The van der Waals surface area contributed by atoms with E-state index >= 15 is 0 Å². The molecule has 0 saturated carbocycles. The average molecular weight is 363 g/mol. The second-order valence-corrected chi connectivity index (χ2v) is 5.66. The first kappa shape index (κ1) is 14.4. The van der Waals surface area contributed by atoms with Gasteiger partial charge < -0.3 is 4.74 Å². The monoisotopic (exact) mass is 361 g/mol. The average Bonchev–Trinajstić information content (AvgIpc) is 2.53. The lowest BCUT2D eigenvalue weighted by atomic mass is 10.1. The van der Waals surface area contributed by atoms with Crippen LogP contribution >= 0.6 is 27.5 Å². The molecule has 0 fully saturated rings. The summed E-state index contributed by atoms with van der Waals surface area (Å²) in [6, 6.07) is 15.8. The number of alkyl halides is 1. The third kappa shape index (κ3) is 3.20. The van der Waals surface area contributed by atoms with Crippen molar-refractivity contribution in [2.24, 2.45) is 0 Å². The molecule has 3 aromatic rings. The molecule has 0 N–H and O–H groups in total. The van der Waals surface area contributed by atoms with E-state index in [4.69, 9.17) is 16.3 Å². The summed E-state index contributed by atoms with van der Waals surface area (Å²) < 4.78 is 5.95. The van der Waals surface area contributed by atoms with E-state index in [0.717, 1.165) is 27.8 Å². The standard InChI is InChI=1S/C17H13BrClNO/c18-10-14-9-15(19)6-7-16(14)21-11-13-4-1-3-12-5-2-8-20-17(12)13/h1-9H,10-11H2. The minimum absolute atomic E-state index is 0.482. The number of aromatic nitrogens is 1. The number of rotatable bonds is 4. The van der Waals surface area contributed by atoms with E-state index in [-0.39, 0.29) is 0 Å². The van der Waals surface area contributed by atoms with Gasteiger partial charge in [-0.05, 0) is 24.3 Å². The first-order chi connectivity index (χ1) is 10.3. The first-order valence-corrected chi connectivity index (χ1v) is 8.07. The Labute approximate surface area is 136 Å². The Kier molecular flexibility index (Phi) is 4.42. The van der Waals surface area contributed by atoms with Crippen molar-refractivity contribution in [1.29, 1.82) is 0 Å². The van der Waals surface area contributed by atoms with Gasteiger partial charge in [-0.1, -0.05) is 51.8 Å². The molecule has 2 aromatic carbocycles. The number of nitrogens with zero attached hydrogens (tertiary/aromatic N) is 1. The van der Waals surface area contributed by atoms with Crippen LogP contribution in [-0.4, -0.2) is 4.98 Å². The van der Waals surface area contributed by atoms with Gasteiger partial charge in [-0.2, -0.15) is 0 Å². The van der Waals surface area contributed by atoms with Crippen LogP contribution in [0.3, 0.4) is 0 Å². The van der Waals surface area contributed by atoms with Gasteiger partial charge in [0, 0.05) is 33.1 Å². The molecule has 1 aromatic heterocycles. The topological polar surface area (TPSA) is 22.1 Å². The van der Waals surface area contributed by atoms with Gasteiger partial charge in [-0.15, -0.1) is 0 Å². The van der Waals surface area contributed by atoms with Crippen LogP contribution in [0.25, 0.3) is 10.9 Å². The molecular weight excluding hydrogens is 350 g/mol. The molecule has 0 unspecified atom stereocenters. The highest BCUT2D eigenvalue weighted by Gasteiger charge is 2.06. The van der Waals surface area contributed by atoms with Crippen LogP contribution in [0, 0.1) is 0 Å². The maximum Gasteiger partial charge on any atom is 0.123 e.